The van der Waals surface area contributed by atoms with Crippen LogP contribution in [0.25, 0.3) is 11.0 Å². The van der Waals surface area contributed by atoms with E-state index >= 15 is 0 Å². The van der Waals surface area contributed by atoms with Crippen LogP contribution >= 0.6 is 23.2 Å². The maximum Gasteiger partial charge on any atom is 0.295 e. The number of nitrogens with zero attached hydrogens (tertiary/aromatic N) is 1. The van der Waals surface area contributed by atoms with E-state index in [4.69, 9.17) is 32.4 Å². The van der Waals surface area contributed by atoms with Crippen LogP contribution in [0.4, 0.5) is 5.69 Å². The molecule has 1 aliphatic rings. The number of hydrogen-bond acceptors (Lipinski definition) is 5. The van der Waals surface area contributed by atoms with Crippen LogP contribution in [0.2, 0.25) is 10.0 Å². The van der Waals surface area contributed by atoms with Gasteiger partial charge in [-0.3, -0.25) is 14.5 Å². The molecule has 4 aromatic rings. The summed E-state index contributed by atoms with van der Waals surface area (Å²) in [5, 5.41) is 11.4. The van der Waals surface area contributed by atoms with E-state index in [0.29, 0.717) is 27.9 Å². The molecule has 0 aliphatic carbocycles. The molecule has 3 aromatic carbocycles. The van der Waals surface area contributed by atoms with Crippen molar-refractivity contribution in [1.29, 1.82) is 0 Å². The molecule has 1 N–H and O–H groups in total. The number of aryl methyl sites for hydroxylation is 1. The van der Waals surface area contributed by atoms with Crippen molar-refractivity contribution in [1.82, 2.24) is 0 Å². The highest BCUT2D eigenvalue weighted by molar-refractivity contribution is 6.32. The maximum absolute atomic E-state index is 13.7. The van der Waals surface area contributed by atoms with Gasteiger partial charge in [-0.2, -0.15) is 0 Å². The molecule has 6 nitrogen and oxygen atoms in total. The van der Waals surface area contributed by atoms with Crippen molar-refractivity contribution in [2.45, 2.75) is 19.9 Å². The number of phenolic OH excluding ortho intramolecular Hbond substituents is 1. The standard InChI is InChI=1S/C26H19Cl2NO5/c1-3-33-21-10-14(5-8-19(21)30)23-22-24(31)17-11-15(27)6-9-20(17)34-25(22)26(32)29(23)16-7-4-13(2)18(28)12-16/h4-12,23,30H,3H2,1-2H3. The lowest BCUT2D eigenvalue weighted by Gasteiger charge is -2.26. The van der Waals surface area contributed by atoms with Gasteiger partial charge in [0.05, 0.1) is 23.6 Å². The van der Waals surface area contributed by atoms with Crippen LogP contribution in [0.3, 0.4) is 0 Å². The Bertz CT molecular complexity index is 1530. The number of halogens is 2. The minimum Gasteiger partial charge on any atom is -0.504 e. The molecule has 2 heterocycles. The Hall–Kier alpha value is -3.48. The highest BCUT2D eigenvalue weighted by Crippen LogP contribution is 2.44. The van der Waals surface area contributed by atoms with Gasteiger partial charge in [0.25, 0.3) is 5.91 Å². The van der Waals surface area contributed by atoms with Gasteiger partial charge in [0.1, 0.15) is 5.58 Å². The smallest absolute Gasteiger partial charge is 0.295 e. The number of carbonyl (C=O) groups excluding carboxylic acids is 1. The van der Waals surface area contributed by atoms with Gasteiger partial charge in [-0.1, -0.05) is 35.3 Å². The Morgan fingerprint density at radius 3 is 2.59 bits per heavy atom. The number of ether oxygens (including phenoxy) is 1. The van der Waals surface area contributed by atoms with Crippen LogP contribution in [0, 0.1) is 6.92 Å². The van der Waals surface area contributed by atoms with E-state index in [9.17, 15) is 14.7 Å². The summed E-state index contributed by atoms with van der Waals surface area (Å²) in [7, 11) is 0. The van der Waals surface area contributed by atoms with E-state index in [1.807, 2.05) is 6.92 Å². The summed E-state index contributed by atoms with van der Waals surface area (Å²) >= 11 is 12.5. The highest BCUT2D eigenvalue weighted by atomic mass is 35.5. The number of phenols is 1. The van der Waals surface area contributed by atoms with Crippen molar-refractivity contribution in [3.05, 3.63) is 97.3 Å². The quantitative estimate of drug-likeness (QED) is 0.361. The number of fused-ring (bicyclic) bond motifs is 2. The van der Waals surface area contributed by atoms with Gasteiger partial charge >= 0.3 is 0 Å². The first-order chi connectivity index (χ1) is 16.3. The molecule has 0 spiro atoms. The molecule has 1 atom stereocenters. The van der Waals surface area contributed by atoms with Gasteiger partial charge < -0.3 is 14.3 Å². The van der Waals surface area contributed by atoms with Crippen LogP contribution < -0.4 is 15.1 Å². The molecular formula is C26H19Cl2NO5. The monoisotopic (exact) mass is 495 g/mol. The molecule has 1 aromatic heterocycles. The summed E-state index contributed by atoms with van der Waals surface area (Å²) in [5.41, 5.74) is 2.02. The second kappa shape index (κ2) is 8.38. The lowest BCUT2D eigenvalue weighted by molar-refractivity contribution is 0.0971. The van der Waals surface area contributed by atoms with Gasteiger partial charge in [-0.05, 0) is 67.4 Å². The molecule has 1 aliphatic heterocycles. The predicted molar refractivity (Wildman–Crippen MR) is 132 cm³/mol. The van der Waals surface area contributed by atoms with Crippen LogP contribution in [0.5, 0.6) is 11.5 Å². The minimum atomic E-state index is -0.833. The van der Waals surface area contributed by atoms with Crippen molar-refractivity contribution in [2.24, 2.45) is 0 Å². The van der Waals surface area contributed by atoms with Crippen LogP contribution in [0.1, 0.15) is 40.2 Å². The second-order valence-electron chi connectivity index (χ2n) is 7.99. The zero-order chi connectivity index (χ0) is 24.1. The zero-order valence-electron chi connectivity index (χ0n) is 18.3. The molecule has 34 heavy (non-hydrogen) atoms. The normalized spacial score (nSPS) is 15.1. The van der Waals surface area contributed by atoms with Crippen LogP contribution in [0.15, 0.2) is 63.8 Å². The van der Waals surface area contributed by atoms with Gasteiger partial charge in [0, 0.05) is 15.7 Å². The Labute approximate surface area is 204 Å². The maximum atomic E-state index is 13.7. The average molecular weight is 496 g/mol. The fourth-order valence-corrected chi connectivity index (χ4v) is 4.58. The number of anilines is 1. The van der Waals surface area contributed by atoms with Gasteiger partial charge in [0.2, 0.25) is 5.76 Å². The van der Waals surface area contributed by atoms with Crippen molar-refractivity contribution in [2.75, 3.05) is 11.5 Å². The molecule has 0 fully saturated rings. The first-order valence-corrected chi connectivity index (χ1v) is 11.4. The number of hydrogen-bond donors (Lipinski definition) is 1. The Morgan fingerprint density at radius 1 is 1.06 bits per heavy atom. The molecule has 8 heteroatoms. The van der Waals surface area contributed by atoms with E-state index in [0.717, 1.165) is 5.56 Å². The third-order valence-corrected chi connectivity index (χ3v) is 6.51. The summed E-state index contributed by atoms with van der Waals surface area (Å²) < 4.78 is 11.5. The third kappa shape index (κ3) is 3.50. The lowest BCUT2D eigenvalue weighted by Crippen LogP contribution is -2.29. The molecule has 0 radical (unpaired) electrons. The summed E-state index contributed by atoms with van der Waals surface area (Å²) in [6, 6.07) is 13.9. The zero-order valence-corrected chi connectivity index (χ0v) is 19.8. The molecule has 5 rings (SSSR count). The molecule has 0 bridgehead atoms. The fraction of sp³-hybridized carbons (Fsp3) is 0.154. The topological polar surface area (TPSA) is 80.0 Å². The van der Waals surface area contributed by atoms with E-state index in [2.05, 4.69) is 0 Å². The van der Waals surface area contributed by atoms with Gasteiger partial charge in [-0.15, -0.1) is 0 Å². The minimum absolute atomic E-state index is 0.0441. The van der Waals surface area contributed by atoms with Crippen molar-refractivity contribution in [3.8, 4) is 11.5 Å². The van der Waals surface area contributed by atoms with Crippen molar-refractivity contribution < 1.29 is 19.1 Å². The Balaban J connectivity index is 1.81. The number of carbonyl (C=O) groups is 1. The molecular weight excluding hydrogens is 477 g/mol. The van der Waals surface area contributed by atoms with E-state index < -0.39 is 11.9 Å². The summed E-state index contributed by atoms with van der Waals surface area (Å²) in [4.78, 5) is 28.8. The number of rotatable bonds is 4. The van der Waals surface area contributed by atoms with Crippen molar-refractivity contribution in [3.63, 3.8) is 0 Å². The first-order valence-electron chi connectivity index (χ1n) is 10.6. The highest BCUT2D eigenvalue weighted by Gasteiger charge is 2.44. The third-order valence-electron chi connectivity index (χ3n) is 5.87. The summed E-state index contributed by atoms with van der Waals surface area (Å²) in [6.45, 7) is 3.99. The van der Waals surface area contributed by atoms with E-state index in [1.54, 1.807) is 49.4 Å². The fourth-order valence-electron chi connectivity index (χ4n) is 4.23. The molecule has 0 saturated heterocycles. The molecule has 0 saturated carbocycles. The predicted octanol–water partition coefficient (Wildman–Crippen LogP) is 6.26. The van der Waals surface area contributed by atoms with Crippen LogP contribution in [-0.2, 0) is 0 Å². The van der Waals surface area contributed by atoms with Gasteiger partial charge in [-0.25, -0.2) is 0 Å². The Morgan fingerprint density at radius 2 is 1.85 bits per heavy atom. The average Bonchev–Trinajstić information content (AvgIpc) is 3.10. The molecule has 172 valence electrons. The number of amides is 1. The number of benzene rings is 3. The number of aromatic hydroxyl groups is 1. The summed E-state index contributed by atoms with van der Waals surface area (Å²) in [6.07, 6.45) is 0. The van der Waals surface area contributed by atoms with Crippen molar-refractivity contribution >= 4 is 45.8 Å². The Kier molecular flexibility index (Phi) is 5.50. The van der Waals surface area contributed by atoms with Crippen LogP contribution in [-0.4, -0.2) is 17.6 Å². The van der Waals surface area contributed by atoms with Gasteiger partial charge in [0.15, 0.2) is 16.9 Å². The SMILES string of the molecule is CCOc1cc(C2c3c(oc4ccc(Cl)cc4c3=O)C(=O)N2c2ccc(C)c(Cl)c2)ccc1O. The molecule has 1 amide bonds. The molecule has 1 unspecified atom stereocenters. The lowest BCUT2D eigenvalue weighted by atomic mass is 9.97. The first kappa shape index (κ1) is 22.3. The van der Waals surface area contributed by atoms with E-state index in [1.165, 1.54) is 17.0 Å². The second-order valence-corrected chi connectivity index (χ2v) is 8.83. The largest absolute Gasteiger partial charge is 0.504 e. The summed E-state index contributed by atoms with van der Waals surface area (Å²) in [5.74, 6) is -0.319. The van der Waals surface area contributed by atoms with E-state index in [-0.39, 0.29) is 39.2 Å².